The molecule has 1 saturated carbocycles. The summed E-state index contributed by atoms with van der Waals surface area (Å²) < 4.78 is 0. The minimum Gasteiger partial charge on any atom is -0.394 e. The van der Waals surface area contributed by atoms with Gasteiger partial charge in [-0.2, -0.15) is 0 Å². The normalized spacial score (nSPS) is 32.6. The molecule has 1 rings (SSSR count). The standard InChI is InChI=1S/C13H28N2O/c1-10(2)7-11(3)15(4)12-5-6-13(14,8-12)9-16/h10-12,16H,5-9,14H2,1-4H3. The highest BCUT2D eigenvalue weighted by molar-refractivity contribution is 4.97. The third kappa shape index (κ3) is 3.44. The fraction of sp³-hybridized carbons (Fsp3) is 1.00. The monoisotopic (exact) mass is 228 g/mol. The highest BCUT2D eigenvalue weighted by Gasteiger charge is 2.37. The zero-order valence-corrected chi connectivity index (χ0v) is 11.2. The van der Waals surface area contributed by atoms with Crippen molar-refractivity contribution in [2.24, 2.45) is 11.7 Å². The Kier molecular flexibility index (Phi) is 4.77. The molecule has 0 heterocycles. The Hall–Kier alpha value is -0.120. The van der Waals surface area contributed by atoms with Crippen LogP contribution in [0.2, 0.25) is 0 Å². The van der Waals surface area contributed by atoms with Gasteiger partial charge >= 0.3 is 0 Å². The van der Waals surface area contributed by atoms with Crippen LogP contribution in [0.25, 0.3) is 0 Å². The second kappa shape index (κ2) is 5.48. The molecule has 0 spiro atoms. The lowest BCUT2D eigenvalue weighted by atomic mass is 9.99. The van der Waals surface area contributed by atoms with E-state index in [4.69, 9.17) is 5.73 Å². The molecule has 0 amide bonds. The smallest absolute Gasteiger partial charge is 0.0611 e. The largest absolute Gasteiger partial charge is 0.394 e. The van der Waals surface area contributed by atoms with Crippen molar-refractivity contribution in [2.45, 2.75) is 64.1 Å². The first-order valence-corrected chi connectivity index (χ1v) is 6.49. The molecule has 3 nitrogen and oxygen atoms in total. The summed E-state index contributed by atoms with van der Waals surface area (Å²) in [6.07, 6.45) is 4.23. The Labute approximate surface area is 100 Å². The topological polar surface area (TPSA) is 49.5 Å². The summed E-state index contributed by atoms with van der Waals surface area (Å²) in [4.78, 5) is 2.45. The van der Waals surface area contributed by atoms with Gasteiger partial charge in [0, 0.05) is 17.6 Å². The van der Waals surface area contributed by atoms with Gasteiger partial charge in [-0.3, -0.25) is 0 Å². The van der Waals surface area contributed by atoms with Crippen LogP contribution in [-0.4, -0.2) is 41.3 Å². The van der Waals surface area contributed by atoms with Crippen LogP contribution in [0.3, 0.4) is 0 Å². The molecular weight excluding hydrogens is 200 g/mol. The van der Waals surface area contributed by atoms with Crippen LogP contribution in [0.5, 0.6) is 0 Å². The van der Waals surface area contributed by atoms with Gasteiger partial charge < -0.3 is 15.7 Å². The van der Waals surface area contributed by atoms with Crippen molar-refractivity contribution in [1.29, 1.82) is 0 Å². The van der Waals surface area contributed by atoms with E-state index in [-0.39, 0.29) is 12.1 Å². The van der Waals surface area contributed by atoms with Gasteiger partial charge in [-0.25, -0.2) is 0 Å². The first-order valence-electron chi connectivity index (χ1n) is 6.49. The van der Waals surface area contributed by atoms with Crippen LogP contribution in [-0.2, 0) is 0 Å². The molecule has 96 valence electrons. The lowest BCUT2D eigenvalue weighted by molar-refractivity contribution is 0.147. The minimum atomic E-state index is -0.323. The van der Waals surface area contributed by atoms with Gasteiger partial charge in [-0.15, -0.1) is 0 Å². The predicted octanol–water partition coefficient (Wildman–Crippen LogP) is 1.60. The van der Waals surface area contributed by atoms with Crippen LogP contribution in [0.1, 0.15) is 46.5 Å². The van der Waals surface area contributed by atoms with Gasteiger partial charge in [-0.05, 0) is 45.6 Å². The van der Waals surface area contributed by atoms with Crippen molar-refractivity contribution >= 4 is 0 Å². The molecule has 1 aliphatic carbocycles. The summed E-state index contributed by atoms with van der Waals surface area (Å²) in [6, 6.07) is 1.15. The van der Waals surface area contributed by atoms with Gasteiger partial charge in [0.25, 0.3) is 0 Å². The van der Waals surface area contributed by atoms with E-state index in [2.05, 4.69) is 32.7 Å². The average molecular weight is 228 g/mol. The Morgan fingerprint density at radius 2 is 2.06 bits per heavy atom. The summed E-state index contributed by atoms with van der Waals surface area (Å²) in [5, 5.41) is 9.27. The zero-order valence-electron chi connectivity index (χ0n) is 11.2. The molecule has 0 aromatic carbocycles. The number of aliphatic hydroxyl groups excluding tert-OH is 1. The van der Waals surface area contributed by atoms with Crippen LogP contribution >= 0.6 is 0 Å². The van der Waals surface area contributed by atoms with Gasteiger partial charge in [0.1, 0.15) is 0 Å². The predicted molar refractivity (Wildman–Crippen MR) is 68.3 cm³/mol. The lowest BCUT2D eigenvalue weighted by Crippen LogP contribution is -2.44. The highest BCUT2D eigenvalue weighted by atomic mass is 16.3. The third-order valence-corrected chi connectivity index (χ3v) is 4.02. The van der Waals surface area contributed by atoms with Crippen LogP contribution in [0.4, 0.5) is 0 Å². The molecule has 0 aromatic rings. The molecule has 0 aliphatic heterocycles. The molecule has 0 aromatic heterocycles. The molecule has 0 radical (unpaired) electrons. The Morgan fingerprint density at radius 3 is 2.50 bits per heavy atom. The number of nitrogens with two attached hydrogens (primary N) is 1. The Balaban J connectivity index is 2.47. The highest BCUT2D eigenvalue weighted by Crippen LogP contribution is 2.31. The Morgan fingerprint density at radius 1 is 1.44 bits per heavy atom. The first-order chi connectivity index (χ1) is 7.38. The van der Waals surface area contributed by atoms with Gasteiger partial charge in [0.05, 0.1) is 6.61 Å². The van der Waals surface area contributed by atoms with Crippen molar-refractivity contribution in [3.63, 3.8) is 0 Å². The minimum absolute atomic E-state index is 0.121. The summed E-state index contributed by atoms with van der Waals surface area (Å²) in [5.74, 6) is 0.735. The number of nitrogens with zero attached hydrogens (tertiary/aromatic N) is 1. The molecule has 16 heavy (non-hydrogen) atoms. The fourth-order valence-electron chi connectivity index (χ4n) is 2.83. The second-order valence-electron chi connectivity index (χ2n) is 6.06. The van der Waals surface area contributed by atoms with Crippen molar-refractivity contribution in [1.82, 2.24) is 4.90 Å². The van der Waals surface area contributed by atoms with E-state index in [1.807, 2.05) is 0 Å². The van der Waals surface area contributed by atoms with Gasteiger partial charge in [0.15, 0.2) is 0 Å². The van der Waals surface area contributed by atoms with Crippen molar-refractivity contribution in [3.05, 3.63) is 0 Å². The molecule has 3 N–H and O–H groups in total. The summed E-state index contributed by atoms with van der Waals surface area (Å²) >= 11 is 0. The molecule has 3 unspecified atom stereocenters. The lowest BCUT2D eigenvalue weighted by Gasteiger charge is -2.32. The molecule has 0 bridgehead atoms. The van der Waals surface area contributed by atoms with E-state index in [0.29, 0.717) is 12.1 Å². The van der Waals surface area contributed by atoms with Crippen molar-refractivity contribution in [3.8, 4) is 0 Å². The van der Waals surface area contributed by atoms with E-state index in [9.17, 15) is 5.11 Å². The number of hydrogen-bond acceptors (Lipinski definition) is 3. The van der Waals surface area contributed by atoms with Crippen molar-refractivity contribution in [2.75, 3.05) is 13.7 Å². The molecule has 1 fully saturated rings. The zero-order chi connectivity index (χ0) is 12.3. The van der Waals surface area contributed by atoms with Crippen molar-refractivity contribution < 1.29 is 5.11 Å². The maximum absolute atomic E-state index is 9.27. The van der Waals surface area contributed by atoms with Gasteiger partial charge in [0.2, 0.25) is 0 Å². The quantitative estimate of drug-likeness (QED) is 0.751. The third-order valence-electron chi connectivity index (χ3n) is 4.02. The van der Waals surface area contributed by atoms with E-state index in [1.54, 1.807) is 0 Å². The van der Waals surface area contributed by atoms with Crippen LogP contribution in [0, 0.1) is 5.92 Å². The SMILES string of the molecule is CC(C)CC(C)N(C)C1CCC(N)(CO)C1. The first kappa shape index (κ1) is 13.9. The molecule has 3 atom stereocenters. The average Bonchev–Trinajstić information content (AvgIpc) is 2.60. The molecule has 1 aliphatic rings. The second-order valence-corrected chi connectivity index (χ2v) is 6.06. The summed E-state index contributed by atoms with van der Waals surface area (Å²) in [6.45, 7) is 6.94. The maximum Gasteiger partial charge on any atom is 0.0611 e. The van der Waals surface area contributed by atoms with E-state index in [1.165, 1.54) is 6.42 Å². The van der Waals surface area contributed by atoms with E-state index in [0.717, 1.165) is 25.2 Å². The molecular formula is C13H28N2O. The molecule has 0 saturated heterocycles. The number of rotatable bonds is 5. The summed E-state index contributed by atoms with van der Waals surface area (Å²) in [7, 11) is 2.20. The van der Waals surface area contributed by atoms with E-state index >= 15 is 0 Å². The maximum atomic E-state index is 9.27. The van der Waals surface area contributed by atoms with E-state index < -0.39 is 0 Å². The number of hydrogen-bond donors (Lipinski definition) is 2. The van der Waals surface area contributed by atoms with Crippen LogP contribution < -0.4 is 5.73 Å². The fourth-order valence-corrected chi connectivity index (χ4v) is 2.83. The number of aliphatic hydroxyl groups is 1. The van der Waals surface area contributed by atoms with Crippen LogP contribution in [0.15, 0.2) is 0 Å². The summed E-state index contributed by atoms with van der Waals surface area (Å²) in [5.41, 5.74) is 5.79. The molecule has 3 heteroatoms. The van der Waals surface area contributed by atoms with Gasteiger partial charge in [-0.1, -0.05) is 13.8 Å². The Bertz CT molecular complexity index is 220.